The number of methoxy groups -OCH3 is 3. The summed E-state index contributed by atoms with van der Waals surface area (Å²) in [6.07, 6.45) is 1.53. The molecule has 9 nitrogen and oxygen atoms in total. The Morgan fingerprint density at radius 3 is 2.29 bits per heavy atom. The fourth-order valence-electron chi connectivity index (χ4n) is 3.00. The van der Waals surface area contributed by atoms with Gasteiger partial charge in [-0.3, -0.25) is 5.10 Å². The first kappa shape index (κ1) is 20.1. The maximum Gasteiger partial charge on any atom is 0.229 e. The number of nitrogens with zero attached hydrogens (tertiary/aromatic N) is 3. The molecule has 2 aromatic heterocycles. The van der Waals surface area contributed by atoms with Crippen LogP contribution in [0.1, 0.15) is 0 Å². The largest absolute Gasteiger partial charge is 0.493 e. The molecule has 0 spiro atoms. The van der Waals surface area contributed by atoms with Gasteiger partial charge in [0.25, 0.3) is 0 Å². The van der Waals surface area contributed by atoms with Gasteiger partial charge >= 0.3 is 0 Å². The summed E-state index contributed by atoms with van der Waals surface area (Å²) >= 11 is 0. The standard InChI is InChI=1S/C20H18F2N6O3/c1-29-15-6-10(7-16(30-2)18(15)31-3)24-20-23-5-4-17(26-20)25-19-11-8-12(21)13(22)9-14(11)27-28-19/h4-9H,1-3H3,(H3,23,24,25,26,27,28). The van der Waals surface area contributed by atoms with Gasteiger partial charge in [0, 0.05) is 35.5 Å². The van der Waals surface area contributed by atoms with Crippen LogP contribution in [0, 0.1) is 11.6 Å². The summed E-state index contributed by atoms with van der Waals surface area (Å²) in [6.45, 7) is 0. The van der Waals surface area contributed by atoms with E-state index in [4.69, 9.17) is 14.2 Å². The lowest BCUT2D eigenvalue weighted by Crippen LogP contribution is -2.02. The number of fused-ring (bicyclic) bond motifs is 1. The zero-order chi connectivity index (χ0) is 22.0. The summed E-state index contributed by atoms with van der Waals surface area (Å²) in [7, 11) is 4.56. The lowest BCUT2D eigenvalue weighted by molar-refractivity contribution is 0.324. The van der Waals surface area contributed by atoms with E-state index < -0.39 is 11.6 Å². The first-order valence-corrected chi connectivity index (χ1v) is 9.02. The molecule has 0 saturated heterocycles. The molecule has 0 unspecified atom stereocenters. The van der Waals surface area contributed by atoms with Crippen molar-refractivity contribution in [2.45, 2.75) is 0 Å². The van der Waals surface area contributed by atoms with Gasteiger partial charge in [0.2, 0.25) is 11.7 Å². The summed E-state index contributed by atoms with van der Waals surface area (Å²) < 4.78 is 43.0. The van der Waals surface area contributed by atoms with Crippen LogP contribution in [0.2, 0.25) is 0 Å². The SMILES string of the molecule is COc1cc(Nc2nccc(Nc3n[nH]c4cc(F)c(F)cc34)n2)cc(OC)c1OC. The van der Waals surface area contributed by atoms with Crippen LogP contribution in [0.3, 0.4) is 0 Å². The molecule has 0 atom stereocenters. The van der Waals surface area contributed by atoms with Crippen LogP contribution < -0.4 is 24.8 Å². The number of aromatic nitrogens is 4. The number of nitrogens with one attached hydrogen (secondary N) is 3. The van der Waals surface area contributed by atoms with Crippen molar-refractivity contribution in [1.82, 2.24) is 20.2 Å². The van der Waals surface area contributed by atoms with E-state index in [0.717, 1.165) is 12.1 Å². The van der Waals surface area contributed by atoms with Crippen LogP contribution in [0.5, 0.6) is 17.2 Å². The van der Waals surface area contributed by atoms with Gasteiger partial charge in [0.05, 0.1) is 26.8 Å². The van der Waals surface area contributed by atoms with Gasteiger partial charge in [0.15, 0.2) is 29.0 Å². The fourth-order valence-corrected chi connectivity index (χ4v) is 3.00. The number of ether oxygens (including phenoxy) is 3. The summed E-state index contributed by atoms with van der Waals surface area (Å²) in [5.74, 6) is 0.435. The molecule has 11 heteroatoms. The molecule has 0 fully saturated rings. The fraction of sp³-hybridized carbons (Fsp3) is 0.150. The van der Waals surface area contributed by atoms with Gasteiger partial charge in [-0.2, -0.15) is 10.1 Å². The molecule has 0 amide bonds. The molecule has 2 heterocycles. The van der Waals surface area contributed by atoms with Crippen molar-refractivity contribution in [3.05, 3.63) is 48.2 Å². The van der Waals surface area contributed by atoms with E-state index in [9.17, 15) is 8.78 Å². The molecule has 0 aliphatic carbocycles. The molecule has 0 aliphatic rings. The average molecular weight is 428 g/mol. The number of hydrogen-bond donors (Lipinski definition) is 3. The molecule has 4 aromatic rings. The third kappa shape index (κ3) is 3.97. The van der Waals surface area contributed by atoms with Crippen LogP contribution >= 0.6 is 0 Å². The zero-order valence-electron chi connectivity index (χ0n) is 16.8. The van der Waals surface area contributed by atoms with E-state index in [1.54, 1.807) is 18.2 Å². The molecule has 31 heavy (non-hydrogen) atoms. The molecule has 4 rings (SSSR count). The summed E-state index contributed by atoms with van der Waals surface area (Å²) in [6, 6.07) is 7.14. The average Bonchev–Trinajstić information content (AvgIpc) is 3.14. The molecule has 0 saturated carbocycles. The van der Waals surface area contributed by atoms with Crippen LogP contribution in [-0.2, 0) is 0 Å². The predicted molar refractivity (Wildman–Crippen MR) is 111 cm³/mol. The molecular formula is C20H18F2N6O3. The number of halogens is 2. The first-order chi connectivity index (χ1) is 15.0. The van der Waals surface area contributed by atoms with Crippen molar-refractivity contribution in [3.8, 4) is 17.2 Å². The number of hydrogen-bond acceptors (Lipinski definition) is 8. The second kappa shape index (κ2) is 8.30. The van der Waals surface area contributed by atoms with Crippen LogP contribution in [0.4, 0.5) is 32.1 Å². The van der Waals surface area contributed by atoms with Gasteiger partial charge in [-0.05, 0) is 12.1 Å². The Kier molecular flexibility index (Phi) is 5.39. The molecule has 3 N–H and O–H groups in total. The van der Waals surface area contributed by atoms with Crippen LogP contribution in [0.15, 0.2) is 36.5 Å². The van der Waals surface area contributed by atoms with E-state index in [0.29, 0.717) is 45.5 Å². The minimum Gasteiger partial charge on any atom is -0.493 e. The topological polar surface area (TPSA) is 106 Å². The number of H-pyrrole nitrogens is 1. The zero-order valence-corrected chi connectivity index (χ0v) is 16.8. The second-order valence-electron chi connectivity index (χ2n) is 6.31. The highest BCUT2D eigenvalue weighted by atomic mass is 19.2. The van der Waals surface area contributed by atoms with Crippen molar-refractivity contribution in [1.29, 1.82) is 0 Å². The maximum atomic E-state index is 13.6. The molecule has 2 aromatic carbocycles. The van der Waals surface area contributed by atoms with Gasteiger partial charge in [0.1, 0.15) is 5.82 Å². The normalized spacial score (nSPS) is 10.7. The Morgan fingerprint density at radius 2 is 1.61 bits per heavy atom. The first-order valence-electron chi connectivity index (χ1n) is 9.02. The van der Waals surface area contributed by atoms with Gasteiger partial charge in [-0.25, -0.2) is 13.8 Å². The summed E-state index contributed by atoms with van der Waals surface area (Å²) in [5.41, 5.74) is 0.959. The second-order valence-corrected chi connectivity index (χ2v) is 6.31. The van der Waals surface area contributed by atoms with E-state index in [2.05, 4.69) is 30.8 Å². The third-order valence-electron chi connectivity index (χ3n) is 4.43. The molecule has 0 aliphatic heterocycles. The van der Waals surface area contributed by atoms with Gasteiger partial charge in [-0.1, -0.05) is 0 Å². The van der Waals surface area contributed by atoms with Crippen molar-refractivity contribution >= 4 is 34.2 Å². The van der Waals surface area contributed by atoms with E-state index in [1.807, 2.05) is 0 Å². The minimum absolute atomic E-state index is 0.274. The van der Waals surface area contributed by atoms with E-state index in [-0.39, 0.29) is 5.95 Å². The maximum absolute atomic E-state index is 13.6. The Balaban J connectivity index is 1.60. The van der Waals surface area contributed by atoms with E-state index >= 15 is 0 Å². The molecule has 160 valence electrons. The Labute approximate surface area is 175 Å². The Bertz CT molecular complexity index is 1220. The molecular weight excluding hydrogens is 410 g/mol. The monoisotopic (exact) mass is 428 g/mol. The lowest BCUT2D eigenvalue weighted by Gasteiger charge is -2.14. The highest BCUT2D eigenvalue weighted by Gasteiger charge is 2.15. The Hall–Kier alpha value is -4.15. The smallest absolute Gasteiger partial charge is 0.229 e. The van der Waals surface area contributed by atoms with Gasteiger partial charge < -0.3 is 24.8 Å². The van der Waals surface area contributed by atoms with Crippen molar-refractivity contribution < 1.29 is 23.0 Å². The summed E-state index contributed by atoms with van der Waals surface area (Å²) in [5, 5.41) is 13.1. The van der Waals surface area contributed by atoms with Crippen molar-refractivity contribution in [2.75, 3.05) is 32.0 Å². The number of anilines is 4. The Morgan fingerprint density at radius 1 is 0.903 bits per heavy atom. The van der Waals surface area contributed by atoms with Crippen LogP contribution in [-0.4, -0.2) is 41.5 Å². The van der Waals surface area contributed by atoms with Crippen molar-refractivity contribution in [2.24, 2.45) is 0 Å². The quantitative estimate of drug-likeness (QED) is 0.403. The number of rotatable bonds is 7. The highest BCUT2D eigenvalue weighted by Crippen LogP contribution is 2.40. The van der Waals surface area contributed by atoms with Crippen LogP contribution in [0.25, 0.3) is 10.9 Å². The number of aromatic amines is 1. The highest BCUT2D eigenvalue weighted by molar-refractivity contribution is 5.91. The number of benzene rings is 2. The molecule has 0 radical (unpaired) electrons. The molecule has 0 bridgehead atoms. The third-order valence-corrected chi connectivity index (χ3v) is 4.43. The minimum atomic E-state index is -0.968. The summed E-state index contributed by atoms with van der Waals surface area (Å²) in [4.78, 5) is 8.57. The lowest BCUT2D eigenvalue weighted by atomic mass is 10.2. The van der Waals surface area contributed by atoms with E-state index in [1.165, 1.54) is 27.5 Å². The van der Waals surface area contributed by atoms with Crippen molar-refractivity contribution in [3.63, 3.8) is 0 Å². The van der Waals surface area contributed by atoms with Gasteiger partial charge in [-0.15, -0.1) is 0 Å². The predicted octanol–water partition coefficient (Wildman–Crippen LogP) is 4.14.